The predicted molar refractivity (Wildman–Crippen MR) is 80.3 cm³/mol. The van der Waals surface area contributed by atoms with E-state index in [1.54, 1.807) is 17.0 Å². The van der Waals surface area contributed by atoms with E-state index in [-0.39, 0.29) is 5.91 Å². The van der Waals surface area contributed by atoms with E-state index in [4.69, 9.17) is 11.6 Å². The number of carbonyl (C=O) groups excluding carboxylic acids is 1. The molecule has 3 rings (SSSR count). The number of nitrogens with one attached hydrogen (secondary N) is 1. The first kappa shape index (κ1) is 13.9. The normalized spacial score (nSPS) is 21.4. The molecule has 1 N–H and O–H groups in total. The minimum Gasteiger partial charge on any atom is -0.330 e. The topological polar surface area (TPSA) is 24.8 Å². The molecule has 1 aromatic carbocycles. The van der Waals surface area contributed by atoms with Gasteiger partial charge in [0.15, 0.2) is 0 Å². The molecule has 2 fully saturated rings. The van der Waals surface area contributed by atoms with E-state index in [2.05, 4.69) is 0 Å². The SMILES string of the molecule is O=C(c1cccc(Cl)c1)N1CC[NH+](C2CCCC2)CC1. The van der Waals surface area contributed by atoms with Crippen molar-refractivity contribution in [3.8, 4) is 0 Å². The maximum absolute atomic E-state index is 12.4. The Hall–Kier alpha value is -1.06. The quantitative estimate of drug-likeness (QED) is 0.881. The van der Waals surface area contributed by atoms with Crippen LogP contribution >= 0.6 is 11.6 Å². The van der Waals surface area contributed by atoms with Crippen LogP contribution in [0.3, 0.4) is 0 Å². The lowest BCUT2D eigenvalue weighted by Crippen LogP contribution is -3.18. The Labute approximate surface area is 125 Å². The smallest absolute Gasteiger partial charge is 0.254 e. The van der Waals surface area contributed by atoms with E-state index < -0.39 is 0 Å². The van der Waals surface area contributed by atoms with E-state index in [0.717, 1.165) is 32.2 Å². The van der Waals surface area contributed by atoms with E-state index in [1.165, 1.54) is 25.7 Å². The molecule has 0 atom stereocenters. The summed E-state index contributed by atoms with van der Waals surface area (Å²) >= 11 is 5.96. The van der Waals surface area contributed by atoms with Crippen molar-refractivity contribution in [2.45, 2.75) is 31.7 Å². The van der Waals surface area contributed by atoms with Crippen molar-refractivity contribution in [1.29, 1.82) is 0 Å². The van der Waals surface area contributed by atoms with Gasteiger partial charge in [-0.1, -0.05) is 17.7 Å². The lowest BCUT2D eigenvalue weighted by atomic mass is 10.1. The molecule has 1 aromatic rings. The van der Waals surface area contributed by atoms with E-state index >= 15 is 0 Å². The average Bonchev–Trinajstić information content (AvgIpc) is 3.01. The fraction of sp³-hybridized carbons (Fsp3) is 0.562. The van der Waals surface area contributed by atoms with Gasteiger partial charge < -0.3 is 9.80 Å². The Balaban J connectivity index is 1.58. The van der Waals surface area contributed by atoms with Crippen molar-refractivity contribution in [1.82, 2.24) is 4.90 Å². The Bertz CT molecular complexity index is 477. The molecule has 0 spiro atoms. The van der Waals surface area contributed by atoms with Gasteiger partial charge in [-0.05, 0) is 43.9 Å². The van der Waals surface area contributed by atoms with Gasteiger partial charge in [0, 0.05) is 10.6 Å². The monoisotopic (exact) mass is 293 g/mol. The highest BCUT2D eigenvalue weighted by Gasteiger charge is 2.31. The zero-order valence-corrected chi connectivity index (χ0v) is 12.5. The molecule has 1 saturated heterocycles. The minimum absolute atomic E-state index is 0.123. The molecule has 108 valence electrons. The van der Waals surface area contributed by atoms with Crippen LogP contribution in [0.15, 0.2) is 24.3 Å². The number of piperazine rings is 1. The first-order valence-corrected chi connectivity index (χ1v) is 8.01. The highest BCUT2D eigenvalue weighted by atomic mass is 35.5. The summed E-state index contributed by atoms with van der Waals surface area (Å²) in [6.07, 6.45) is 5.52. The number of hydrogen-bond donors (Lipinski definition) is 1. The lowest BCUT2D eigenvalue weighted by molar-refractivity contribution is -0.928. The van der Waals surface area contributed by atoms with Crippen LogP contribution in [0.25, 0.3) is 0 Å². The molecule has 4 heteroatoms. The highest BCUT2D eigenvalue weighted by Crippen LogP contribution is 2.16. The largest absolute Gasteiger partial charge is 0.330 e. The second-order valence-electron chi connectivity index (χ2n) is 5.94. The summed E-state index contributed by atoms with van der Waals surface area (Å²) in [4.78, 5) is 16.1. The molecule has 0 aromatic heterocycles. The van der Waals surface area contributed by atoms with Crippen LogP contribution in [-0.2, 0) is 0 Å². The van der Waals surface area contributed by atoms with Crippen LogP contribution in [0.1, 0.15) is 36.0 Å². The number of carbonyl (C=O) groups is 1. The number of rotatable bonds is 2. The van der Waals surface area contributed by atoms with E-state index in [9.17, 15) is 4.79 Å². The maximum atomic E-state index is 12.4. The second kappa shape index (κ2) is 6.15. The molecule has 0 radical (unpaired) electrons. The number of hydrogen-bond acceptors (Lipinski definition) is 1. The Morgan fingerprint density at radius 2 is 1.90 bits per heavy atom. The summed E-state index contributed by atoms with van der Waals surface area (Å²) in [5.41, 5.74) is 0.710. The molecule has 2 aliphatic rings. The van der Waals surface area contributed by atoms with Gasteiger partial charge in [-0.3, -0.25) is 4.79 Å². The van der Waals surface area contributed by atoms with Gasteiger partial charge in [0.1, 0.15) is 0 Å². The highest BCUT2D eigenvalue weighted by molar-refractivity contribution is 6.30. The van der Waals surface area contributed by atoms with Crippen molar-refractivity contribution in [2.75, 3.05) is 26.2 Å². The Kier molecular flexibility index (Phi) is 4.27. The minimum atomic E-state index is 0.123. The summed E-state index contributed by atoms with van der Waals surface area (Å²) < 4.78 is 0. The number of nitrogens with zero attached hydrogens (tertiary/aromatic N) is 1. The maximum Gasteiger partial charge on any atom is 0.254 e. The fourth-order valence-electron chi connectivity index (χ4n) is 3.54. The molecule has 3 nitrogen and oxygen atoms in total. The first-order valence-electron chi connectivity index (χ1n) is 7.63. The van der Waals surface area contributed by atoms with Gasteiger partial charge in [0.2, 0.25) is 0 Å². The molecule has 1 aliphatic heterocycles. The summed E-state index contributed by atoms with van der Waals surface area (Å²) in [7, 11) is 0. The van der Waals surface area contributed by atoms with Crippen LogP contribution in [0.2, 0.25) is 5.02 Å². The zero-order chi connectivity index (χ0) is 13.9. The lowest BCUT2D eigenvalue weighted by Gasteiger charge is -2.35. The first-order chi connectivity index (χ1) is 9.74. The molecule has 1 amide bonds. The van der Waals surface area contributed by atoms with Crippen molar-refractivity contribution < 1.29 is 9.69 Å². The third-order valence-electron chi connectivity index (χ3n) is 4.70. The predicted octanol–water partition coefficient (Wildman–Crippen LogP) is 1.62. The molecule has 0 bridgehead atoms. The van der Waals surface area contributed by atoms with E-state index in [0.29, 0.717) is 10.6 Å². The summed E-state index contributed by atoms with van der Waals surface area (Å²) in [6.45, 7) is 3.93. The van der Waals surface area contributed by atoms with Gasteiger partial charge in [0.25, 0.3) is 5.91 Å². The standard InChI is InChI=1S/C16H21ClN2O/c17-14-5-3-4-13(12-14)16(20)19-10-8-18(9-11-19)15-6-1-2-7-15/h3-5,12,15H,1-2,6-11H2/p+1. The van der Waals surface area contributed by atoms with Gasteiger partial charge in [-0.2, -0.15) is 0 Å². The van der Waals surface area contributed by atoms with Crippen LogP contribution in [0, 0.1) is 0 Å². The number of quaternary nitrogens is 1. The van der Waals surface area contributed by atoms with Crippen LogP contribution in [-0.4, -0.2) is 43.0 Å². The second-order valence-corrected chi connectivity index (χ2v) is 6.38. The van der Waals surface area contributed by atoms with Crippen molar-refractivity contribution in [2.24, 2.45) is 0 Å². The van der Waals surface area contributed by atoms with Crippen LogP contribution < -0.4 is 4.90 Å². The molecular formula is C16H22ClN2O+. The number of amides is 1. The van der Waals surface area contributed by atoms with Crippen molar-refractivity contribution in [3.05, 3.63) is 34.9 Å². The van der Waals surface area contributed by atoms with Crippen molar-refractivity contribution in [3.63, 3.8) is 0 Å². The molecule has 1 saturated carbocycles. The number of benzene rings is 1. The fourth-order valence-corrected chi connectivity index (χ4v) is 3.73. The summed E-state index contributed by atoms with van der Waals surface area (Å²) in [6, 6.07) is 8.11. The molecule has 20 heavy (non-hydrogen) atoms. The third kappa shape index (κ3) is 2.99. The Morgan fingerprint density at radius 3 is 2.55 bits per heavy atom. The average molecular weight is 294 g/mol. The van der Waals surface area contributed by atoms with Gasteiger partial charge in [0.05, 0.1) is 32.2 Å². The Morgan fingerprint density at radius 1 is 1.20 bits per heavy atom. The zero-order valence-electron chi connectivity index (χ0n) is 11.8. The molecule has 0 unspecified atom stereocenters. The summed E-state index contributed by atoms with van der Waals surface area (Å²) in [5, 5.41) is 0.631. The van der Waals surface area contributed by atoms with Gasteiger partial charge in [-0.15, -0.1) is 0 Å². The summed E-state index contributed by atoms with van der Waals surface area (Å²) in [5.74, 6) is 0.123. The molecule has 1 heterocycles. The van der Waals surface area contributed by atoms with Crippen LogP contribution in [0.4, 0.5) is 0 Å². The van der Waals surface area contributed by atoms with Crippen molar-refractivity contribution >= 4 is 17.5 Å². The van der Waals surface area contributed by atoms with Crippen LogP contribution in [0.5, 0.6) is 0 Å². The molecular weight excluding hydrogens is 272 g/mol. The number of halogens is 1. The van der Waals surface area contributed by atoms with E-state index in [1.807, 2.05) is 17.0 Å². The van der Waals surface area contributed by atoms with Gasteiger partial charge >= 0.3 is 0 Å². The third-order valence-corrected chi connectivity index (χ3v) is 4.93. The van der Waals surface area contributed by atoms with Gasteiger partial charge in [-0.25, -0.2) is 0 Å². The molecule has 1 aliphatic carbocycles.